The number of hydrogen-bond acceptors (Lipinski definition) is 4. The van der Waals surface area contributed by atoms with Crippen LogP contribution in [0.4, 0.5) is 0 Å². The molecular formula is C14H16N4O. The van der Waals surface area contributed by atoms with Crippen molar-refractivity contribution in [3.05, 3.63) is 42.2 Å². The average Bonchev–Trinajstić information content (AvgIpc) is 3.10. The van der Waals surface area contributed by atoms with Gasteiger partial charge in [-0.1, -0.05) is 12.8 Å². The highest BCUT2D eigenvalue weighted by molar-refractivity contribution is 5.95. The lowest BCUT2D eigenvalue weighted by atomic mass is 10.2. The lowest BCUT2D eigenvalue weighted by molar-refractivity contribution is 0.0986. The third-order valence-electron chi connectivity index (χ3n) is 3.55. The van der Waals surface area contributed by atoms with Gasteiger partial charge in [0.15, 0.2) is 5.78 Å². The Bertz CT molecular complexity index is 558. The molecule has 0 amide bonds. The summed E-state index contributed by atoms with van der Waals surface area (Å²) in [6.07, 6.45) is 11.8. The molecule has 5 heteroatoms. The third-order valence-corrected chi connectivity index (χ3v) is 3.55. The first-order valence-electron chi connectivity index (χ1n) is 6.66. The van der Waals surface area contributed by atoms with Gasteiger partial charge in [-0.2, -0.15) is 5.10 Å². The molecule has 1 fully saturated rings. The summed E-state index contributed by atoms with van der Waals surface area (Å²) < 4.78 is 2.01. The molecule has 0 spiro atoms. The molecule has 0 atom stereocenters. The van der Waals surface area contributed by atoms with Gasteiger partial charge in [0.25, 0.3) is 0 Å². The van der Waals surface area contributed by atoms with Crippen LogP contribution < -0.4 is 0 Å². The Morgan fingerprint density at radius 1 is 1.32 bits per heavy atom. The minimum atomic E-state index is -0.0372. The molecule has 2 aromatic rings. The van der Waals surface area contributed by atoms with E-state index in [-0.39, 0.29) is 5.78 Å². The van der Waals surface area contributed by atoms with Crippen molar-refractivity contribution < 1.29 is 4.79 Å². The predicted molar refractivity (Wildman–Crippen MR) is 69.8 cm³/mol. The monoisotopic (exact) mass is 256 g/mol. The van der Waals surface area contributed by atoms with E-state index in [0.717, 1.165) is 5.69 Å². The van der Waals surface area contributed by atoms with E-state index in [1.165, 1.54) is 38.1 Å². The van der Waals surface area contributed by atoms with Gasteiger partial charge in [-0.3, -0.25) is 14.5 Å². The number of hydrogen-bond donors (Lipinski definition) is 0. The van der Waals surface area contributed by atoms with Crippen LogP contribution in [-0.4, -0.2) is 25.5 Å². The fourth-order valence-corrected chi connectivity index (χ4v) is 2.54. The summed E-state index contributed by atoms with van der Waals surface area (Å²) in [5.74, 6) is -0.0372. The number of Topliss-reactive ketones (excluding diaryl/α,β-unsaturated/α-hetero) is 1. The van der Waals surface area contributed by atoms with Crippen molar-refractivity contribution >= 4 is 5.78 Å². The Balaban J connectivity index is 1.68. The first kappa shape index (κ1) is 12.0. The van der Waals surface area contributed by atoms with Crippen LogP contribution in [0.25, 0.3) is 0 Å². The van der Waals surface area contributed by atoms with Crippen molar-refractivity contribution in [1.29, 1.82) is 0 Å². The van der Waals surface area contributed by atoms with Gasteiger partial charge in [0, 0.05) is 18.6 Å². The van der Waals surface area contributed by atoms with Gasteiger partial charge >= 0.3 is 0 Å². The molecule has 1 saturated carbocycles. The first-order valence-corrected chi connectivity index (χ1v) is 6.66. The number of rotatable bonds is 4. The Hall–Kier alpha value is -2.04. The van der Waals surface area contributed by atoms with Crippen molar-refractivity contribution in [1.82, 2.24) is 19.7 Å². The second-order valence-corrected chi connectivity index (χ2v) is 4.92. The van der Waals surface area contributed by atoms with E-state index in [9.17, 15) is 4.79 Å². The molecule has 0 bridgehead atoms. The Kier molecular flexibility index (Phi) is 3.35. The third kappa shape index (κ3) is 2.70. The quantitative estimate of drug-likeness (QED) is 0.787. The van der Waals surface area contributed by atoms with Crippen LogP contribution in [-0.2, 0) is 6.42 Å². The second-order valence-electron chi connectivity index (χ2n) is 4.92. The van der Waals surface area contributed by atoms with E-state index in [4.69, 9.17) is 0 Å². The van der Waals surface area contributed by atoms with Crippen LogP contribution in [0.1, 0.15) is 47.9 Å². The van der Waals surface area contributed by atoms with Crippen LogP contribution in [0.5, 0.6) is 0 Å². The number of carbonyl (C=O) groups is 1. The Morgan fingerprint density at radius 3 is 2.89 bits per heavy atom. The normalized spacial score (nSPS) is 15.8. The number of carbonyl (C=O) groups excluding carboxylic acids is 1. The fraction of sp³-hybridized carbons (Fsp3) is 0.429. The second kappa shape index (κ2) is 5.30. The molecule has 0 radical (unpaired) electrons. The van der Waals surface area contributed by atoms with E-state index in [0.29, 0.717) is 18.2 Å². The molecule has 0 N–H and O–H groups in total. The zero-order valence-corrected chi connectivity index (χ0v) is 10.7. The van der Waals surface area contributed by atoms with Crippen molar-refractivity contribution in [2.75, 3.05) is 0 Å². The summed E-state index contributed by atoms with van der Waals surface area (Å²) in [7, 11) is 0. The molecule has 1 aliphatic carbocycles. The summed E-state index contributed by atoms with van der Waals surface area (Å²) in [5, 5.41) is 4.51. The van der Waals surface area contributed by atoms with Gasteiger partial charge in [-0.15, -0.1) is 0 Å². The zero-order valence-electron chi connectivity index (χ0n) is 10.7. The van der Waals surface area contributed by atoms with E-state index >= 15 is 0 Å². The van der Waals surface area contributed by atoms with Crippen LogP contribution >= 0.6 is 0 Å². The molecule has 19 heavy (non-hydrogen) atoms. The molecule has 98 valence electrons. The van der Waals surface area contributed by atoms with Gasteiger partial charge in [0.2, 0.25) is 0 Å². The summed E-state index contributed by atoms with van der Waals surface area (Å²) >= 11 is 0. The highest BCUT2D eigenvalue weighted by Gasteiger charge is 2.18. The molecule has 0 aliphatic heterocycles. The maximum atomic E-state index is 12.0. The smallest absolute Gasteiger partial charge is 0.188 e. The van der Waals surface area contributed by atoms with Gasteiger partial charge in [-0.25, -0.2) is 4.98 Å². The molecule has 3 rings (SSSR count). The summed E-state index contributed by atoms with van der Waals surface area (Å²) in [5.41, 5.74) is 1.21. The number of aromatic nitrogens is 4. The van der Waals surface area contributed by atoms with Crippen LogP contribution in [0.2, 0.25) is 0 Å². The number of nitrogens with zero attached hydrogens (tertiary/aromatic N) is 4. The number of ketones is 1. The molecule has 0 unspecified atom stereocenters. The highest BCUT2D eigenvalue weighted by Crippen LogP contribution is 2.28. The highest BCUT2D eigenvalue weighted by atomic mass is 16.1. The molecular weight excluding hydrogens is 240 g/mol. The van der Waals surface area contributed by atoms with Crippen molar-refractivity contribution in [2.45, 2.75) is 38.1 Å². The lowest BCUT2D eigenvalue weighted by Gasteiger charge is -2.08. The summed E-state index contributed by atoms with van der Waals surface area (Å²) in [4.78, 5) is 19.9. The van der Waals surface area contributed by atoms with Gasteiger partial charge in [-0.05, 0) is 18.9 Å². The molecule has 1 aliphatic rings. The summed E-state index contributed by atoms with van der Waals surface area (Å²) in [6.45, 7) is 0. The minimum absolute atomic E-state index is 0.0372. The topological polar surface area (TPSA) is 60.7 Å². The molecule has 0 aromatic carbocycles. The largest absolute Gasteiger partial charge is 0.292 e. The van der Waals surface area contributed by atoms with Crippen LogP contribution in [0, 0.1) is 0 Å². The molecule has 2 aromatic heterocycles. The van der Waals surface area contributed by atoms with Gasteiger partial charge in [0.05, 0.1) is 24.4 Å². The maximum absolute atomic E-state index is 12.0. The van der Waals surface area contributed by atoms with Gasteiger partial charge in [0.1, 0.15) is 5.69 Å². The Morgan fingerprint density at radius 2 is 2.16 bits per heavy atom. The van der Waals surface area contributed by atoms with Crippen LogP contribution in [0.15, 0.2) is 30.9 Å². The Labute approximate surface area is 111 Å². The maximum Gasteiger partial charge on any atom is 0.188 e. The van der Waals surface area contributed by atoms with Crippen molar-refractivity contribution in [3.63, 3.8) is 0 Å². The predicted octanol–water partition coefficient (Wildman–Crippen LogP) is 2.21. The van der Waals surface area contributed by atoms with Gasteiger partial charge < -0.3 is 0 Å². The average molecular weight is 256 g/mol. The van der Waals surface area contributed by atoms with E-state index in [1.807, 2.05) is 16.9 Å². The first-order chi connectivity index (χ1) is 9.33. The van der Waals surface area contributed by atoms with E-state index < -0.39 is 0 Å². The van der Waals surface area contributed by atoms with E-state index in [1.54, 1.807) is 6.20 Å². The minimum Gasteiger partial charge on any atom is -0.292 e. The lowest BCUT2D eigenvalue weighted by Crippen LogP contribution is -2.09. The van der Waals surface area contributed by atoms with Crippen molar-refractivity contribution in [3.8, 4) is 0 Å². The van der Waals surface area contributed by atoms with E-state index in [2.05, 4.69) is 15.1 Å². The molecule has 5 nitrogen and oxygen atoms in total. The SMILES string of the molecule is O=C(Cc1ccn(C2CCCC2)n1)c1cnccn1. The standard InChI is InChI=1S/C14H16N4O/c19-14(13-10-15-6-7-16-13)9-11-5-8-18(17-11)12-3-1-2-4-12/h5-8,10,12H,1-4,9H2. The molecule has 0 saturated heterocycles. The zero-order chi connectivity index (χ0) is 13.1. The van der Waals surface area contributed by atoms with Crippen molar-refractivity contribution in [2.24, 2.45) is 0 Å². The van der Waals surface area contributed by atoms with Crippen LogP contribution in [0.3, 0.4) is 0 Å². The summed E-state index contributed by atoms with van der Waals surface area (Å²) in [6, 6.07) is 2.44. The fourth-order valence-electron chi connectivity index (χ4n) is 2.54. The molecule has 2 heterocycles.